The number of hydrogen-bond donors (Lipinski definition) is 3. The van der Waals surface area contributed by atoms with Gasteiger partial charge in [-0.1, -0.05) is 249 Å². The van der Waals surface area contributed by atoms with Gasteiger partial charge in [-0.15, -0.1) is 0 Å². The van der Waals surface area contributed by atoms with Gasteiger partial charge in [-0.25, -0.2) is 0 Å². The number of nitrogens with one attached hydrogen (secondary N) is 1. The summed E-state index contributed by atoms with van der Waals surface area (Å²) in [6.45, 7) is 4.86. The molecule has 0 saturated carbocycles. The summed E-state index contributed by atoms with van der Waals surface area (Å²) in [6, 6.07) is -0.635. The van der Waals surface area contributed by atoms with Crippen LogP contribution in [0.1, 0.15) is 290 Å². The van der Waals surface area contributed by atoms with Crippen LogP contribution in [0, 0.1) is 0 Å². The van der Waals surface area contributed by atoms with Crippen molar-refractivity contribution in [3.63, 3.8) is 0 Å². The molecule has 0 radical (unpaired) electrons. The van der Waals surface area contributed by atoms with Crippen molar-refractivity contribution >= 4 is 11.9 Å². The fourth-order valence-corrected chi connectivity index (χ4v) is 8.37. The Morgan fingerprint density at radius 1 is 0.444 bits per heavy atom. The molecule has 3 N–H and O–H groups in total. The van der Waals surface area contributed by atoms with E-state index in [-0.39, 0.29) is 18.5 Å². The smallest absolute Gasteiger partial charge is 0.305 e. The van der Waals surface area contributed by atoms with Gasteiger partial charge in [-0.3, -0.25) is 9.59 Å². The van der Waals surface area contributed by atoms with Crippen LogP contribution in [0.5, 0.6) is 0 Å². The molecular weight excluding hydrogens is 779 g/mol. The number of unbranched alkanes of at least 4 members (excludes halogenated alkanes) is 36. The molecule has 0 saturated heterocycles. The maximum atomic E-state index is 12.4. The van der Waals surface area contributed by atoms with E-state index in [4.69, 9.17) is 4.74 Å². The predicted octanol–water partition coefficient (Wildman–Crippen LogP) is 16.9. The summed E-state index contributed by atoms with van der Waals surface area (Å²) in [5.74, 6) is -0.0909. The fraction of sp³-hybridized carbons (Fsp3) is 0.860. The van der Waals surface area contributed by atoms with Gasteiger partial charge in [-0.2, -0.15) is 0 Å². The molecule has 0 aromatic carbocycles. The summed E-state index contributed by atoms with van der Waals surface area (Å²) in [5, 5.41) is 23.1. The zero-order chi connectivity index (χ0) is 45.8. The summed E-state index contributed by atoms with van der Waals surface area (Å²) in [6.07, 6.45) is 64.3. The van der Waals surface area contributed by atoms with Crippen LogP contribution < -0.4 is 5.32 Å². The van der Waals surface area contributed by atoms with Gasteiger partial charge >= 0.3 is 5.97 Å². The molecule has 6 nitrogen and oxygen atoms in total. The highest BCUT2D eigenvalue weighted by Crippen LogP contribution is 2.16. The third-order valence-electron chi connectivity index (χ3n) is 12.7. The lowest BCUT2D eigenvalue weighted by molar-refractivity contribution is -0.143. The lowest BCUT2D eigenvalue weighted by Gasteiger charge is -2.20. The Hall–Kier alpha value is -1.92. The molecule has 370 valence electrons. The van der Waals surface area contributed by atoms with Gasteiger partial charge in [-0.05, 0) is 64.2 Å². The van der Waals surface area contributed by atoms with E-state index < -0.39 is 12.1 Å². The quantitative estimate of drug-likeness (QED) is 0.0321. The summed E-state index contributed by atoms with van der Waals surface area (Å²) in [7, 11) is 0. The highest BCUT2D eigenvalue weighted by atomic mass is 16.5. The monoisotopic (exact) mass is 886 g/mol. The molecular formula is C57H107NO5. The first-order chi connectivity index (χ1) is 31.0. The van der Waals surface area contributed by atoms with Crippen LogP contribution >= 0.6 is 0 Å². The van der Waals surface area contributed by atoms with Crippen LogP contribution in [-0.2, 0) is 14.3 Å². The number of rotatable bonds is 51. The molecule has 0 aromatic rings. The zero-order valence-corrected chi connectivity index (χ0v) is 42.1. The molecule has 2 atom stereocenters. The third-order valence-corrected chi connectivity index (χ3v) is 12.7. The second-order valence-corrected chi connectivity index (χ2v) is 18.9. The number of hydrogen-bond acceptors (Lipinski definition) is 5. The van der Waals surface area contributed by atoms with Crippen molar-refractivity contribution < 1.29 is 24.5 Å². The maximum Gasteiger partial charge on any atom is 0.305 e. The molecule has 1 amide bonds. The summed E-state index contributed by atoms with van der Waals surface area (Å²) >= 11 is 0. The molecule has 0 spiro atoms. The molecule has 0 aliphatic rings. The van der Waals surface area contributed by atoms with Crippen LogP contribution in [0.2, 0.25) is 0 Å². The van der Waals surface area contributed by atoms with E-state index in [0.717, 1.165) is 64.2 Å². The molecule has 0 aliphatic heterocycles. The van der Waals surface area contributed by atoms with E-state index in [1.54, 1.807) is 6.08 Å². The molecule has 0 bridgehead atoms. The van der Waals surface area contributed by atoms with Crippen molar-refractivity contribution in [1.82, 2.24) is 5.32 Å². The Morgan fingerprint density at radius 2 is 0.794 bits per heavy atom. The first-order valence-electron chi connectivity index (χ1n) is 27.8. The standard InChI is InChI=1S/C57H107NO5/c1-3-5-7-9-11-13-15-17-19-23-27-31-35-39-43-47-51-57(62)63-52-48-44-40-36-32-28-24-20-22-26-30-34-38-42-46-50-56(61)58-54(53-59)55(60)49-45-41-37-33-29-25-21-18-16-14-12-10-8-6-4-2/h13,15,19,23,45,49,54-55,59-60H,3-12,14,16-18,20-22,24-44,46-48,50-53H2,1-2H3,(H,58,61)/b15-13-,23-19-,49-45+. The van der Waals surface area contributed by atoms with Gasteiger partial charge in [0.25, 0.3) is 0 Å². The van der Waals surface area contributed by atoms with E-state index in [2.05, 4.69) is 43.5 Å². The number of ether oxygens (including phenoxy) is 1. The third kappa shape index (κ3) is 49.4. The summed E-state index contributed by atoms with van der Waals surface area (Å²) in [4.78, 5) is 24.5. The van der Waals surface area contributed by atoms with Gasteiger partial charge in [0.05, 0.1) is 25.4 Å². The van der Waals surface area contributed by atoms with E-state index in [9.17, 15) is 19.8 Å². The lowest BCUT2D eigenvalue weighted by Crippen LogP contribution is -2.45. The van der Waals surface area contributed by atoms with Crippen molar-refractivity contribution in [1.29, 1.82) is 0 Å². The number of amides is 1. The van der Waals surface area contributed by atoms with E-state index >= 15 is 0 Å². The van der Waals surface area contributed by atoms with Crippen LogP contribution in [0.15, 0.2) is 36.5 Å². The predicted molar refractivity (Wildman–Crippen MR) is 273 cm³/mol. The Bertz CT molecular complexity index is 1020. The lowest BCUT2D eigenvalue weighted by atomic mass is 10.0. The zero-order valence-electron chi connectivity index (χ0n) is 42.1. The van der Waals surface area contributed by atoms with Crippen LogP contribution in [0.3, 0.4) is 0 Å². The number of aliphatic hydroxyl groups is 2. The number of aliphatic hydroxyl groups excluding tert-OH is 2. The molecule has 0 rings (SSSR count). The molecule has 63 heavy (non-hydrogen) atoms. The minimum Gasteiger partial charge on any atom is -0.466 e. The van der Waals surface area contributed by atoms with Gasteiger partial charge in [0.1, 0.15) is 0 Å². The Kier molecular flexibility index (Phi) is 51.1. The van der Waals surface area contributed by atoms with Crippen molar-refractivity contribution in [2.45, 2.75) is 302 Å². The molecule has 6 heteroatoms. The van der Waals surface area contributed by atoms with Gasteiger partial charge in [0, 0.05) is 12.8 Å². The average molecular weight is 886 g/mol. The Balaban J connectivity index is 3.47. The second-order valence-electron chi connectivity index (χ2n) is 18.9. The second kappa shape index (κ2) is 52.7. The SMILES string of the molecule is CCCCCC/C=C\C/C=C\CCCCCCCC(=O)OCCCCCCCCCCCCCCCCCC(=O)NC(CO)C(O)/C=C/CCCCCCCCCCCCCCC. The first-order valence-corrected chi connectivity index (χ1v) is 27.8. The summed E-state index contributed by atoms with van der Waals surface area (Å²) in [5.41, 5.74) is 0. The van der Waals surface area contributed by atoms with Crippen LogP contribution in [0.25, 0.3) is 0 Å². The number of esters is 1. The van der Waals surface area contributed by atoms with Crippen molar-refractivity contribution in [3.8, 4) is 0 Å². The Labute approximate surface area is 392 Å². The van der Waals surface area contributed by atoms with E-state index in [1.807, 2.05) is 6.08 Å². The normalized spacial score (nSPS) is 12.9. The molecule has 0 heterocycles. The Morgan fingerprint density at radius 3 is 1.22 bits per heavy atom. The number of carbonyl (C=O) groups is 2. The number of carbonyl (C=O) groups excluding carboxylic acids is 2. The number of allylic oxidation sites excluding steroid dienone is 5. The molecule has 0 aromatic heterocycles. The molecule has 0 aliphatic carbocycles. The average Bonchev–Trinajstić information content (AvgIpc) is 3.28. The van der Waals surface area contributed by atoms with Gasteiger partial charge in [0.2, 0.25) is 5.91 Å². The van der Waals surface area contributed by atoms with Crippen molar-refractivity contribution in [3.05, 3.63) is 36.5 Å². The molecule has 0 fully saturated rings. The first kappa shape index (κ1) is 61.1. The summed E-state index contributed by atoms with van der Waals surface area (Å²) < 4.78 is 5.47. The minimum atomic E-state index is -0.851. The van der Waals surface area contributed by atoms with Gasteiger partial charge in [0.15, 0.2) is 0 Å². The van der Waals surface area contributed by atoms with Crippen LogP contribution in [0.4, 0.5) is 0 Å². The topological polar surface area (TPSA) is 95.9 Å². The molecule has 2 unspecified atom stereocenters. The highest BCUT2D eigenvalue weighted by molar-refractivity contribution is 5.76. The highest BCUT2D eigenvalue weighted by Gasteiger charge is 2.18. The largest absolute Gasteiger partial charge is 0.466 e. The fourth-order valence-electron chi connectivity index (χ4n) is 8.37. The van der Waals surface area contributed by atoms with E-state index in [0.29, 0.717) is 19.4 Å². The van der Waals surface area contributed by atoms with Crippen molar-refractivity contribution in [2.75, 3.05) is 13.2 Å². The van der Waals surface area contributed by atoms with Gasteiger partial charge < -0.3 is 20.3 Å². The maximum absolute atomic E-state index is 12.4. The van der Waals surface area contributed by atoms with Crippen LogP contribution in [-0.4, -0.2) is 47.4 Å². The van der Waals surface area contributed by atoms with Crippen molar-refractivity contribution in [2.24, 2.45) is 0 Å². The minimum absolute atomic E-state index is 0.0142. The van der Waals surface area contributed by atoms with E-state index in [1.165, 1.54) is 199 Å².